The van der Waals surface area contributed by atoms with Crippen molar-refractivity contribution < 1.29 is 14.7 Å². The molecular weight excluding hydrogens is 325 g/mol. The van der Waals surface area contributed by atoms with Gasteiger partial charge in [0.05, 0.1) is 0 Å². The first kappa shape index (κ1) is 8.40. The zero-order chi connectivity index (χ0) is 5.86. The lowest BCUT2D eigenvalue weighted by Crippen LogP contribution is -2.18. The summed E-state index contributed by atoms with van der Waals surface area (Å²) in [6, 6.07) is 0. The Morgan fingerprint density at radius 1 is 1.43 bits per heavy atom. The predicted octanol–water partition coefficient (Wildman–Crippen LogP) is 0.126. The van der Waals surface area contributed by atoms with Gasteiger partial charge in [0.25, 0.3) is 0 Å². The third kappa shape index (κ3) is 7.40. The van der Waals surface area contributed by atoms with Crippen LogP contribution in [-0.4, -0.2) is 19.5 Å². The lowest BCUT2D eigenvalue weighted by atomic mass is 10.3. The van der Waals surface area contributed by atoms with E-state index in [9.17, 15) is 0 Å². The summed E-state index contributed by atoms with van der Waals surface area (Å²) in [5.74, 6) is 0. The molecule has 0 aromatic heterocycles. The van der Waals surface area contributed by atoms with Crippen molar-refractivity contribution in [3.8, 4) is 0 Å². The number of rotatable bonds is 2. The highest BCUT2D eigenvalue weighted by Gasteiger charge is 2.11. The molecule has 0 aliphatic heterocycles. The molecule has 0 aliphatic rings. The first-order valence-electron chi connectivity index (χ1n) is 1.42. The molecule has 0 radical (unpaired) electrons. The lowest BCUT2D eigenvalue weighted by Gasteiger charge is -1.99. The second kappa shape index (κ2) is 4.30. The molecule has 7 heavy (non-hydrogen) atoms. The van der Waals surface area contributed by atoms with Crippen molar-refractivity contribution in [1.82, 2.24) is 0 Å². The van der Waals surface area contributed by atoms with E-state index < -0.39 is 7.32 Å². The van der Waals surface area contributed by atoms with Crippen LogP contribution in [0.25, 0.3) is 0 Å². The molecule has 6 heteroatoms. The van der Waals surface area contributed by atoms with Crippen LogP contribution < -0.4 is 0 Å². The molecule has 0 atom stereocenters. The summed E-state index contributed by atoms with van der Waals surface area (Å²) in [6.07, 6.45) is 0. The highest BCUT2D eigenvalue weighted by molar-refractivity contribution is 14.2. The zero-order valence-electron chi connectivity index (χ0n) is 3.21. The van der Waals surface area contributed by atoms with Crippen LogP contribution in [0.4, 0.5) is 0 Å². The Kier molecular flexibility index (Phi) is 5.16. The minimum atomic E-state index is -1.64. The summed E-state index contributed by atoms with van der Waals surface area (Å²) in [4.78, 5) is 0. The number of hydrogen-bond acceptors (Lipinski definition) is 3. The lowest BCUT2D eigenvalue weighted by molar-refractivity contribution is 0.218. The van der Waals surface area contributed by atoms with Crippen molar-refractivity contribution >= 4 is 52.5 Å². The van der Waals surface area contributed by atoms with Crippen LogP contribution in [-0.2, 0) is 4.65 Å². The normalized spacial score (nSPS) is 9.86. The Hall–Kier alpha value is 1.40. The summed E-state index contributed by atoms with van der Waals surface area (Å²) in [6.45, 7) is 0. The van der Waals surface area contributed by atoms with Crippen molar-refractivity contribution in [3.63, 3.8) is 0 Å². The molecule has 0 saturated carbocycles. The first-order chi connectivity index (χ1) is 3.13. The molecular formula is CH3BI2O3. The van der Waals surface area contributed by atoms with Crippen LogP contribution in [0.1, 0.15) is 0 Å². The molecule has 0 aromatic rings. The minimum absolute atomic E-state index is 0.185. The molecule has 0 heterocycles. The monoisotopic (exact) mass is 328 g/mol. The van der Waals surface area contributed by atoms with E-state index in [1.54, 1.807) is 0 Å². The SMILES string of the molecule is OB(O)OC(I)I. The maximum absolute atomic E-state index is 8.05. The van der Waals surface area contributed by atoms with E-state index in [-0.39, 0.29) is 2.12 Å². The third-order valence-electron chi connectivity index (χ3n) is 0.225. The Morgan fingerprint density at radius 2 is 1.86 bits per heavy atom. The van der Waals surface area contributed by atoms with E-state index >= 15 is 0 Å². The van der Waals surface area contributed by atoms with Gasteiger partial charge in [0, 0.05) is 0 Å². The van der Waals surface area contributed by atoms with Gasteiger partial charge in [-0.1, -0.05) is 0 Å². The average Bonchev–Trinajstić information content (AvgIpc) is 1.27. The minimum Gasteiger partial charge on any atom is -0.402 e. The van der Waals surface area contributed by atoms with Crippen LogP contribution in [0.3, 0.4) is 0 Å². The predicted molar refractivity (Wildman–Crippen MR) is 43.1 cm³/mol. The number of alkyl halides is 2. The fourth-order valence-electron chi connectivity index (χ4n) is 0.0920. The van der Waals surface area contributed by atoms with Gasteiger partial charge in [-0.25, -0.2) is 0 Å². The second-order valence-corrected chi connectivity index (χ2v) is 5.37. The van der Waals surface area contributed by atoms with Crippen molar-refractivity contribution in [2.75, 3.05) is 0 Å². The van der Waals surface area contributed by atoms with E-state index in [2.05, 4.69) is 4.65 Å². The van der Waals surface area contributed by atoms with E-state index in [1.165, 1.54) is 0 Å². The Morgan fingerprint density at radius 3 is 1.86 bits per heavy atom. The molecule has 42 valence electrons. The molecule has 0 saturated heterocycles. The van der Waals surface area contributed by atoms with Gasteiger partial charge in [-0.2, -0.15) is 0 Å². The van der Waals surface area contributed by atoms with Crippen LogP contribution in [0, 0.1) is 0 Å². The van der Waals surface area contributed by atoms with Gasteiger partial charge >= 0.3 is 7.32 Å². The fourth-order valence-corrected chi connectivity index (χ4v) is 0.617. The summed E-state index contributed by atoms with van der Waals surface area (Å²) in [5.41, 5.74) is 0. The van der Waals surface area contributed by atoms with Gasteiger partial charge in [0.15, 0.2) is 0 Å². The molecule has 0 spiro atoms. The molecule has 0 bridgehead atoms. The fraction of sp³-hybridized carbons (Fsp3) is 1.00. The molecule has 0 aliphatic carbocycles. The van der Waals surface area contributed by atoms with Gasteiger partial charge in [0.2, 0.25) is 0 Å². The van der Waals surface area contributed by atoms with Crippen LogP contribution >= 0.6 is 45.2 Å². The van der Waals surface area contributed by atoms with Crippen LogP contribution in [0.5, 0.6) is 0 Å². The third-order valence-corrected chi connectivity index (χ3v) is 0.812. The maximum atomic E-state index is 8.05. The molecule has 2 N–H and O–H groups in total. The molecule has 0 amide bonds. The standard InChI is InChI=1S/CH3BI2O3/c3-1(4)7-2(5)6/h1,5-6H. The van der Waals surface area contributed by atoms with Crippen LogP contribution in [0.2, 0.25) is 0 Å². The topological polar surface area (TPSA) is 49.7 Å². The Labute approximate surface area is 68.9 Å². The van der Waals surface area contributed by atoms with E-state index in [0.29, 0.717) is 0 Å². The molecule has 0 rings (SSSR count). The van der Waals surface area contributed by atoms with Crippen molar-refractivity contribution in [2.45, 2.75) is 2.12 Å². The average molecular weight is 328 g/mol. The summed E-state index contributed by atoms with van der Waals surface area (Å²) >= 11 is 3.80. The van der Waals surface area contributed by atoms with Gasteiger partial charge in [0.1, 0.15) is 2.12 Å². The highest BCUT2D eigenvalue weighted by Crippen LogP contribution is 2.10. The van der Waals surface area contributed by atoms with Crippen molar-refractivity contribution in [2.24, 2.45) is 0 Å². The van der Waals surface area contributed by atoms with E-state index in [1.807, 2.05) is 45.2 Å². The summed E-state index contributed by atoms with van der Waals surface area (Å²) < 4.78 is 4.15. The van der Waals surface area contributed by atoms with Crippen molar-refractivity contribution in [1.29, 1.82) is 0 Å². The summed E-state index contributed by atoms with van der Waals surface area (Å²) in [5, 5.41) is 16.1. The van der Waals surface area contributed by atoms with Crippen molar-refractivity contribution in [3.05, 3.63) is 0 Å². The smallest absolute Gasteiger partial charge is 0.402 e. The van der Waals surface area contributed by atoms with Crippen LogP contribution in [0.15, 0.2) is 0 Å². The Balaban J connectivity index is 2.95. The zero-order valence-corrected chi connectivity index (χ0v) is 7.53. The number of hydrogen-bond donors (Lipinski definition) is 2. The molecule has 0 unspecified atom stereocenters. The first-order valence-corrected chi connectivity index (χ1v) is 3.92. The largest absolute Gasteiger partial charge is 0.635 e. The molecule has 0 aromatic carbocycles. The number of halogens is 2. The van der Waals surface area contributed by atoms with Gasteiger partial charge in [-0.05, 0) is 45.2 Å². The van der Waals surface area contributed by atoms with E-state index in [4.69, 9.17) is 10.0 Å². The second-order valence-electron chi connectivity index (χ2n) is 0.723. The van der Waals surface area contributed by atoms with Gasteiger partial charge in [-0.15, -0.1) is 0 Å². The maximum Gasteiger partial charge on any atom is 0.635 e. The highest BCUT2D eigenvalue weighted by atomic mass is 127. The van der Waals surface area contributed by atoms with Gasteiger partial charge < -0.3 is 14.7 Å². The molecule has 0 fully saturated rings. The van der Waals surface area contributed by atoms with E-state index in [0.717, 1.165) is 0 Å². The summed E-state index contributed by atoms with van der Waals surface area (Å²) in [7, 11) is -1.64. The molecule has 3 nitrogen and oxygen atoms in total. The van der Waals surface area contributed by atoms with Gasteiger partial charge in [-0.3, -0.25) is 0 Å². The quantitative estimate of drug-likeness (QED) is 0.430. The Bertz CT molecular complexity index is 42.2.